The molecule has 0 radical (unpaired) electrons. The quantitative estimate of drug-likeness (QED) is 0.682. The van der Waals surface area contributed by atoms with E-state index in [0.29, 0.717) is 11.3 Å². The number of aryl methyl sites for hydroxylation is 1. The lowest BCUT2D eigenvalue weighted by atomic mass is 10.1. The van der Waals surface area contributed by atoms with Crippen molar-refractivity contribution < 1.29 is 13.9 Å². The molecule has 1 amide bonds. The molecule has 0 aliphatic rings. The Morgan fingerprint density at radius 3 is 2.68 bits per heavy atom. The van der Waals surface area contributed by atoms with Gasteiger partial charge in [0, 0.05) is 0 Å². The molecule has 0 unspecified atom stereocenters. The Morgan fingerprint density at radius 1 is 1.23 bits per heavy atom. The number of hydrogen-bond donors (Lipinski definition) is 1. The molecule has 2 aromatic carbocycles. The van der Waals surface area contributed by atoms with Gasteiger partial charge in [0.25, 0.3) is 5.91 Å². The zero-order valence-corrected chi connectivity index (χ0v) is 12.5. The molecule has 0 fully saturated rings. The summed E-state index contributed by atoms with van der Waals surface area (Å²) in [4.78, 5) is 11.6. The minimum atomic E-state index is -0.362. The Bertz CT molecular complexity index is 682. The first-order chi connectivity index (χ1) is 10.6. The van der Waals surface area contributed by atoms with Crippen LogP contribution in [0.1, 0.15) is 16.7 Å². The van der Waals surface area contributed by atoms with Crippen molar-refractivity contribution in [3.63, 3.8) is 0 Å². The van der Waals surface area contributed by atoms with Crippen LogP contribution in [0, 0.1) is 19.7 Å². The number of nitrogens with zero attached hydrogens (tertiary/aromatic N) is 1. The van der Waals surface area contributed by atoms with E-state index in [1.807, 2.05) is 32.0 Å². The number of halogens is 1. The Labute approximate surface area is 128 Å². The largest absolute Gasteiger partial charge is 0.483 e. The summed E-state index contributed by atoms with van der Waals surface area (Å²) in [6.45, 7) is 3.80. The predicted molar refractivity (Wildman–Crippen MR) is 83.5 cm³/mol. The van der Waals surface area contributed by atoms with Crippen molar-refractivity contribution in [1.82, 2.24) is 5.43 Å². The van der Waals surface area contributed by atoms with Gasteiger partial charge in [-0.2, -0.15) is 5.10 Å². The van der Waals surface area contributed by atoms with E-state index in [1.54, 1.807) is 12.1 Å². The number of ether oxygens (including phenoxy) is 1. The number of amides is 1. The lowest BCUT2D eigenvalue weighted by Crippen LogP contribution is -2.24. The van der Waals surface area contributed by atoms with Crippen LogP contribution in [0.4, 0.5) is 4.39 Å². The molecule has 2 rings (SSSR count). The average Bonchev–Trinajstić information content (AvgIpc) is 2.51. The van der Waals surface area contributed by atoms with Crippen molar-refractivity contribution in [1.29, 1.82) is 0 Å². The second-order valence-corrected chi connectivity index (χ2v) is 4.83. The first kappa shape index (κ1) is 15.7. The molecule has 0 bridgehead atoms. The van der Waals surface area contributed by atoms with Crippen LogP contribution in [0.15, 0.2) is 47.6 Å². The fourth-order valence-electron chi connectivity index (χ4n) is 1.78. The smallest absolute Gasteiger partial charge is 0.277 e. The monoisotopic (exact) mass is 300 g/mol. The van der Waals surface area contributed by atoms with Crippen molar-refractivity contribution in [2.45, 2.75) is 13.8 Å². The molecule has 2 aromatic rings. The van der Waals surface area contributed by atoms with Crippen LogP contribution in [-0.4, -0.2) is 18.7 Å². The van der Waals surface area contributed by atoms with E-state index < -0.39 is 0 Å². The van der Waals surface area contributed by atoms with Crippen molar-refractivity contribution in [3.8, 4) is 5.75 Å². The number of carbonyl (C=O) groups excluding carboxylic acids is 1. The van der Waals surface area contributed by atoms with E-state index in [9.17, 15) is 9.18 Å². The van der Waals surface area contributed by atoms with E-state index in [4.69, 9.17) is 4.74 Å². The van der Waals surface area contributed by atoms with Gasteiger partial charge in [-0.25, -0.2) is 9.82 Å². The SMILES string of the molecule is Cc1cccc(OCC(=O)NN=Cc2ccc(F)cc2)c1C. The van der Waals surface area contributed by atoms with Gasteiger partial charge < -0.3 is 4.74 Å². The number of carbonyl (C=O) groups is 1. The van der Waals surface area contributed by atoms with E-state index in [-0.39, 0.29) is 18.3 Å². The molecule has 114 valence electrons. The van der Waals surface area contributed by atoms with Crippen LogP contribution in [0.3, 0.4) is 0 Å². The van der Waals surface area contributed by atoms with Crippen molar-refractivity contribution in [3.05, 3.63) is 65.0 Å². The van der Waals surface area contributed by atoms with Crippen molar-refractivity contribution in [2.75, 3.05) is 6.61 Å². The summed E-state index contributed by atoms with van der Waals surface area (Å²) in [6, 6.07) is 11.5. The van der Waals surface area contributed by atoms with Gasteiger partial charge in [0.15, 0.2) is 6.61 Å². The molecule has 22 heavy (non-hydrogen) atoms. The normalized spacial score (nSPS) is 10.7. The second kappa shape index (κ2) is 7.36. The van der Waals surface area contributed by atoms with Crippen molar-refractivity contribution >= 4 is 12.1 Å². The van der Waals surface area contributed by atoms with E-state index in [0.717, 1.165) is 11.1 Å². The van der Waals surface area contributed by atoms with E-state index >= 15 is 0 Å². The first-order valence-corrected chi connectivity index (χ1v) is 6.83. The Hall–Kier alpha value is -2.69. The summed E-state index contributed by atoms with van der Waals surface area (Å²) in [5.74, 6) is 0.0000388. The van der Waals surface area contributed by atoms with Gasteiger partial charge in [0.05, 0.1) is 6.21 Å². The third-order valence-electron chi connectivity index (χ3n) is 3.19. The first-order valence-electron chi connectivity index (χ1n) is 6.83. The third-order valence-corrected chi connectivity index (χ3v) is 3.19. The molecule has 0 saturated heterocycles. The molecule has 0 aromatic heterocycles. The maximum atomic E-state index is 12.7. The standard InChI is InChI=1S/C17H17FN2O2/c1-12-4-3-5-16(13(12)2)22-11-17(21)20-19-10-14-6-8-15(18)9-7-14/h3-10H,11H2,1-2H3,(H,20,21). The average molecular weight is 300 g/mol. The van der Waals surface area contributed by atoms with Crippen LogP contribution in [0.5, 0.6) is 5.75 Å². The molecule has 0 aliphatic carbocycles. The molecule has 0 saturated carbocycles. The van der Waals surface area contributed by atoms with Crippen LogP contribution < -0.4 is 10.2 Å². The summed E-state index contributed by atoms with van der Waals surface area (Å²) in [7, 11) is 0. The molecular weight excluding hydrogens is 283 g/mol. The van der Waals surface area contributed by atoms with Crippen molar-refractivity contribution in [2.24, 2.45) is 5.10 Å². The molecule has 5 heteroatoms. The summed E-state index contributed by atoms with van der Waals surface area (Å²) in [5, 5.41) is 3.80. The van der Waals surface area contributed by atoms with Gasteiger partial charge in [-0.05, 0) is 48.7 Å². The highest BCUT2D eigenvalue weighted by Crippen LogP contribution is 2.20. The van der Waals surface area contributed by atoms with E-state index in [1.165, 1.54) is 18.3 Å². The van der Waals surface area contributed by atoms with Gasteiger partial charge in [-0.15, -0.1) is 0 Å². The van der Waals surface area contributed by atoms with Gasteiger partial charge in [-0.3, -0.25) is 4.79 Å². The van der Waals surface area contributed by atoms with Crippen LogP contribution in [0.2, 0.25) is 0 Å². The minimum absolute atomic E-state index is 0.120. The molecule has 0 heterocycles. The zero-order chi connectivity index (χ0) is 15.9. The Balaban J connectivity index is 1.83. The Morgan fingerprint density at radius 2 is 1.95 bits per heavy atom. The van der Waals surface area contributed by atoms with Gasteiger partial charge in [0.2, 0.25) is 0 Å². The van der Waals surface area contributed by atoms with Crippen LogP contribution in [0.25, 0.3) is 0 Å². The fourth-order valence-corrected chi connectivity index (χ4v) is 1.78. The highest BCUT2D eigenvalue weighted by Gasteiger charge is 2.05. The topological polar surface area (TPSA) is 50.7 Å². The summed E-state index contributed by atoms with van der Waals surface area (Å²) in [5.41, 5.74) is 5.16. The zero-order valence-electron chi connectivity index (χ0n) is 12.5. The number of benzene rings is 2. The highest BCUT2D eigenvalue weighted by atomic mass is 19.1. The number of hydrogen-bond acceptors (Lipinski definition) is 3. The van der Waals surface area contributed by atoms with Crippen LogP contribution in [-0.2, 0) is 4.79 Å². The van der Waals surface area contributed by atoms with Crippen LogP contribution >= 0.6 is 0 Å². The lowest BCUT2D eigenvalue weighted by Gasteiger charge is -2.09. The molecular formula is C17H17FN2O2. The number of hydrazone groups is 1. The minimum Gasteiger partial charge on any atom is -0.483 e. The highest BCUT2D eigenvalue weighted by molar-refractivity contribution is 5.82. The van der Waals surface area contributed by atoms with Gasteiger partial charge in [0.1, 0.15) is 11.6 Å². The maximum absolute atomic E-state index is 12.7. The molecule has 0 atom stereocenters. The molecule has 0 aliphatic heterocycles. The fraction of sp³-hybridized carbons (Fsp3) is 0.176. The molecule has 4 nitrogen and oxygen atoms in total. The van der Waals surface area contributed by atoms with Gasteiger partial charge in [-0.1, -0.05) is 24.3 Å². The summed E-state index contributed by atoms with van der Waals surface area (Å²) in [6.07, 6.45) is 1.44. The number of rotatable bonds is 5. The number of nitrogens with one attached hydrogen (secondary N) is 1. The van der Waals surface area contributed by atoms with Gasteiger partial charge >= 0.3 is 0 Å². The molecule has 1 N–H and O–H groups in total. The van der Waals surface area contributed by atoms with E-state index in [2.05, 4.69) is 10.5 Å². The summed E-state index contributed by atoms with van der Waals surface area (Å²) >= 11 is 0. The maximum Gasteiger partial charge on any atom is 0.277 e. The third kappa shape index (κ3) is 4.41. The molecule has 0 spiro atoms. The summed E-state index contributed by atoms with van der Waals surface area (Å²) < 4.78 is 18.2. The second-order valence-electron chi connectivity index (χ2n) is 4.83. The Kier molecular flexibility index (Phi) is 5.25. The predicted octanol–water partition coefficient (Wildman–Crippen LogP) is 2.97. The lowest BCUT2D eigenvalue weighted by molar-refractivity contribution is -0.123.